The third-order valence-electron chi connectivity index (χ3n) is 4.56. The van der Waals surface area contributed by atoms with Crippen molar-refractivity contribution >= 4 is 27.5 Å². The maximum Gasteiger partial charge on any atom is 0.0721 e. The average molecular weight is 360 g/mol. The lowest BCUT2D eigenvalue weighted by Crippen LogP contribution is -2.48. The van der Waals surface area contributed by atoms with Crippen LogP contribution in [0.2, 0.25) is 5.02 Å². The van der Waals surface area contributed by atoms with Crippen molar-refractivity contribution in [2.75, 3.05) is 0 Å². The van der Waals surface area contributed by atoms with Crippen molar-refractivity contribution in [3.05, 3.63) is 33.3 Å². The molecule has 1 saturated carbocycles. The molecule has 112 valence electrons. The Morgan fingerprint density at radius 1 is 1.35 bits per heavy atom. The van der Waals surface area contributed by atoms with Gasteiger partial charge in [0.15, 0.2) is 0 Å². The summed E-state index contributed by atoms with van der Waals surface area (Å²) >= 11 is 9.76. The van der Waals surface area contributed by atoms with E-state index in [1.807, 2.05) is 18.2 Å². The van der Waals surface area contributed by atoms with Crippen molar-refractivity contribution in [2.45, 2.75) is 58.5 Å². The van der Waals surface area contributed by atoms with Gasteiger partial charge in [-0.15, -0.1) is 0 Å². The molecule has 0 amide bonds. The van der Waals surface area contributed by atoms with Gasteiger partial charge in [-0.3, -0.25) is 0 Å². The highest BCUT2D eigenvalue weighted by molar-refractivity contribution is 9.10. The lowest BCUT2D eigenvalue weighted by molar-refractivity contribution is -0.0889. The first kappa shape index (κ1) is 16.3. The summed E-state index contributed by atoms with van der Waals surface area (Å²) in [6.45, 7) is 6.70. The van der Waals surface area contributed by atoms with Gasteiger partial charge in [0.2, 0.25) is 0 Å². The minimum atomic E-state index is -0.631. The SMILES string of the molecule is CC(C)(C)C1CCCCC1(O)Cc1ccc(Br)cc1Cl. The topological polar surface area (TPSA) is 20.2 Å². The van der Waals surface area contributed by atoms with Crippen LogP contribution in [0.3, 0.4) is 0 Å². The Labute approximate surface area is 135 Å². The first-order valence-electron chi connectivity index (χ1n) is 7.39. The van der Waals surface area contributed by atoms with Gasteiger partial charge in [-0.1, -0.05) is 67.2 Å². The number of halogens is 2. The van der Waals surface area contributed by atoms with Crippen LogP contribution in [-0.4, -0.2) is 10.7 Å². The Bertz CT molecular complexity index is 480. The molecule has 0 aliphatic heterocycles. The molecule has 0 aromatic heterocycles. The number of hydrogen-bond acceptors (Lipinski definition) is 1. The van der Waals surface area contributed by atoms with Gasteiger partial charge in [0.1, 0.15) is 0 Å². The van der Waals surface area contributed by atoms with Gasteiger partial charge in [-0.2, -0.15) is 0 Å². The number of aliphatic hydroxyl groups is 1. The van der Waals surface area contributed by atoms with E-state index in [-0.39, 0.29) is 5.41 Å². The van der Waals surface area contributed by atoms with Crippen LogP contribution in [0, 0.1) is 11.3 Å². The smallest absolute Gasteiger partial charge is 0.0721 e. The maximum atomic E-state index is 11.2. The Hall–Kier alpha value is -0.0500. The predicted octanol–water partition coefficient (Wildman–Crippen LogP) is 5.61. The van der Waals surface area contributed by atoms with Crippen molar-refractivity contribution in [1.82, 2.24) is 0 Å². The van der Waals surface area contributed by atoms with Crippen LogP contribution >= 0.6 is 27.5 Å². The van der Waals surface area contributed by atoms with Crippen molar-refractivity contribution in [3.8, 4) is 0 Å². The molecule has 0 saturated heterocycles. The molecule has 20 heavy (non-hydrogen) atoms. The zero-order valence-corrected chi connectivity index (χ0v) is 14.9. The van der Waals surface area contributed by atoms with Crippen LogP contribution in [0.1, 0.15) is 52.0 Å². The predicted molar refractivity (Wildman–Crippen MR) is 89.2 cm³/mol. The highest BCUT2D eigenvalue weighted by Gasteiger charge is 2.44. The summed E-state index contributed by atoms with van der Waals surface area (Å²) in [5, 5.41) is 12.0. The summed E-state index contributed by atoms with van der Waals surface area (Å²) in [7, 11) is 0. The van der Waals surface area contributed by atoms with Crippen LogP contribution in [0.4, 0.5) is 0 Å². The standard InChI is InChI=1S/C17H24BrClO/c1-16(2,3)15-6-4-5-9-17(15,20)11-12-7-8-13(18)10-14(12)19/h7-8,10,15,20H,4-6,9,11H2,1-3H3. The molecule has 1 N–H and O–H groups in total. The molecule has 0 spiro atoms. The van der Waals surface area contributed by atoms with Gasteiger partial charge >= 0.3 is 0 Å². The van der Waals surface area contributed by atoms with Crippen molar-refractivity contribution in [2.24, 2.45) is 11.3 Å². The third kappa shape index (κ3) is 3.58. The lowest BCUT2D eigenvalue weighted by Gasteiger charge is -2.47. The van der Waals surface area contributed by atoms with Gasteiger partial charge in [0, 0.05) is 15.9 Å². The summed E-state index contributed by atoms with van der Waals surface area (Å²) < 4.78 is 0.981. The second-order valence-electron chi connectivity index (χ2n) is 7.18. The molecule has 1 nitrogen and oxygen atoms in total. The Morgan fingerprint density at radius 3 is 2.65 bits per heavy atom. The van der Waals surface area contributed by atoms with Gasteiger partial charge < -0.3 is 5.11 Å². The Morgan fingerprint density at radius 2 is 2.05 bits per heavy atom. The zero-order valence-electron chi connectivity index (χ0n) is 12.5. The highest BCUT2D eigenvalue weighted by atomic mass is 79.9. The van der Waals surface area contributed by atoms with E-state index in [9.17, 15) is 5.11 Å². The second kappa shape index (κ2) is 5.98. The molecule has 0 bridgehead atoms. The third-order valence-corrected chi connectivity index (χ3v) is 5.40. The molecule has 1 fully saturated rings. The molecule has 1 aliphatic rings. The molecule has 0 radical (unpaired) electrons. The molecule has 1 aromatic rings. The molecular formula is C17H24BrClO. The monoisotopic (exact) mass is 358 g/mol. The lowest BCUT2D eigenvalue weighted by atomic mass is 9.62. The fourth-order valence-electron chi connectivity index (χ4n) is 3.67. The Kier molecular flexibility index (Phi) is 4.88. The largest absolute Gasteiger partial charge is 0.389 e. The van der Waals surface area contributed by atoms with Crippen LogP contribution in [0.25, 0.3) is 0 Å². The summed E-state index contributed by atoms with van der Waals surface area (Å²) in [4.78, 5) is 0. The quantitative estimate of drug-likeness (QED) is 0.727. The number of benzene rings is 1. The summed E-state index contributed by atoms with van der Waals surface area (Å²) in [6.07, 6.45) is 4.96. The summed E-state index contributed by atoms with van der Waals surface area (Å²) in [5.74, 6) is 0.323. The van der Waals surface area contributed by atoms with Gasteiger partial charge in [0.25, 0.3) is 0 Å². The molecule has 1 aromatic carbocycles. The van der Waals surface area contributed by atoms with E-state index in [0.29, 0.717) is 12.3 Å². The molecular weight excluding hydrogens is 336 g/mol. The normalized spacial score (nSPS) is 27.6. The van der Waals surface area contributed by atoms with E-state index in [2.05, 4.69) is 36.7 Å². The van der Waals surface area contributed by atoms with E-state index in [4.69, 9.17) is 11.6 Å². The van der Waals surface area contributed by atoms with Gasteiger partial charge in [-0.05, 0) is 41.9 Å². The van der Waals surface area contributed by atoms with E-state index >= 15 is 0 Å². The molecule has 3 heteroatoms. The van der Waals surface area contributed by atoms with Gasteiger partial charge in [0.05, 0.1) is 5.60 Å². The second-order valence-corrected chi connectivity index (χ2v) is 8.50. The van der Waals surface area contributed by atoms with E-state index in [1.165, 1.54) is 6.42 Å². The van der Waals surface area contributed by atoms with Crippen LogP contribution < -0.4 is 0 Å². The Balaban J connectivity index is 2.28. The van der Waals surface area contributed by atoms with E-state index in [1.54, 1.807) is 0 Å². The van der Waals surface area contributed by atoms with Crippen LogP contribution in [0.15, 0.2) is 22.7 Å². The molecule has 2 rings (SSSR count). The summed E-state index contributed by atoms with van der Waals surface area (Å²) in [5.41, 5.74) is 0.541. The van der Waals surface area contributed by atoms with Crippen molar-refractivity contribution in [3.63, 3.8) is 0 Å². The number of rotatable bonds is 2. The summed E-state index contributed by atoms with van der Waals surface area (Å²) in [6, 6.07) is 5.94. The first-order valence-corrected chi connectivity index (χ1v) is 8.56. The van der Waals surface area contributed by atoms with Crippen LogP contribution in [0.5, 0.6) is 0 Å². The van der Waals surface area contributed by atoms with Crippen molar-refractivity contribution < 1.29 is 5.11 Å². The molecule has 2 atom stereocenters. The fraction of sp³-hybridized carbons (Fsp3) is 0.647. The minimum absolute atomic E-state index is 0.122. The highest BCUT2D eigenvalue weighted by Crippen LogP contribution is 2.46. The van der Waals surface area contributed by atoms with E-state index in [0.717, 1.165) is 34.3 Å². The molecule has 1 aliphatic carbocycles. The van der Waals surface area contributed by atoms with Crippen molar-refractivity contribution in [1.29, 1.82) is 0 Å². The van der Waals surface area contributed by atoms with Crippen LogP contribution in [-0.2, 0) is 6.42 Å². The molecule has 0 heterocycles. The van der Waals surface area contributed by atoms with Gasteiger partial charge in [-0.25, -0.2) is 0 Å². The maximum absolute atomic E-state index is 11.2. The first-order chi connectivity index (χ1) is 9.22. The zero-order chi connectivity index (χ0) is 15.0. The fourth-order valence-corrected chi connectivity index (χ4v) is 4.41. The van der Waals surface area contributed by atoms with E-state index < -0.39 is 5.60 Å². The molecule has 2 unspecified atom stereocenters. The average Bonchev–Trinajstić information content (AvgIpc) is 2.32. The number of hydrogen-bond donors (Lipinski definition) is 1. The minimum Gasteiger partial charge on any atom is -0.389 e.